The number of anilines is 1. The van der Waals surface area contributed by atoms with Crippen molar-refractivity contribution in [2.45, 2.75) is 6.54 Å². The van der Waals surface area contributed by atoms with E-state index in [1.54, 1.807) is 23.1 Å². The van der Waals surface area contributed by atoms with Crippen molar-refractivity contribution >= 4 is 11.6 Å². The topological polar surface area (TPSA) is 85.8 Å². The van der Waals surface area contributed by atoms with Gasteiger partial charge in [-0.2, -0.15) is 5.10 Å². The zero-order valence-corrected chi connectivity index (χ0v) is 9.42. The van der Waals surface area contributed by atoms with Gasteiger partial charge in [-0.3, -0.25) is 14.5 Å². The van der Waals surface area contributed by atoms with Crippen LogP contribution < -0.4 is 11.1 Å². The molecule has 2 aromatic heterocycles. The molecular weight excluding hydrogens is 218 g/mol. The monoisotopic (exact) mass is 231 g/mol. The van der Waals surface area contributed by atoms with Gasteiger partial charge in [-0.1, -0.05) is 0 Å². The Morgan fingerprint density at radius 2 is 2.29 bits per heavy atom. The predicted molar refractivity (Wildman–Crippen MR) is 63.0 cm³/mol. The van der Waals surface area contributed by atoms with Gasteiger partial charge in [0.2, 0.25) is 0 Å². The second-order valence-corrected chi connectivity index (χ2v) is 3.59. The van der Waals surface area contributed by atoms with Gasteiger partial charge in [0.25, 0.3) is 5.91 Å². The molecule has 6 nitrogen and oxygen atoms in total. The van der Waals surface area contributed by atoms with E-state index in [9.17, 15) is 4.79 Å². The Hall–Kier alpha value is -2.37. The molecule has 0 aliphatic rings. The summed E-state index contributed by atoms with van der Waals surface area (Å²) in [6, 6.07) is 3.44. The van der Waals surface area contributed by atoms with Crippen molar-refractivity contribution in [3.05, 3.63) is 42.0 Å². The SMILES string of the molecule is Cn1nccc1CNC(=O)c1cnccc1N. The number of nitrogens with zero attached hydrogens (tertiary/aromatic N) is 3. The third-order valence-electron chi connectivity index (χ3n) is 2.45. The molecule has 0 aliphatic heterocycles. The molecule has 0 spiro atoms. The van der Waals surface area contributed by atoms with E-state index >= 15 is 0 Å². The number of hydrogen-bond donors (Lipinski definition) is 2. The maximum absolute atomic E-state index is 11.8. The van der Waals surface area contributed by atoms with Crippen LogP contribution in [0.1, 0.15) is 16.1 Å². The summed E-state index contributed by atoms with van der Waals surface area (Å²) in [5.74, 6) is -0.239. The van der Waals surface area contributed by atoms with E-state index in [0.717, 1.165) is 5.69 Å². The van der Waals surface area contributed by atoms with Crippen LogP contribution in [0.3, 0.4) is 0 Å². The first-order chi connectivity index (χ1) is 8.18. The van der Waals surface area contributed by atoms with E-state index in [-0.39, 0.29) is 5.91 Å². The first-order valence-corrected chi connectivity index (χ1v) is 5.13. The molecular formula is C11H13N5O. The number of carbonyl (C=O) groups excluding carboxylic acids is 1. The lowest BCUT2D eigenvalue weighted by Crippen LogP contribution is -2.25. The van der Waals surface area contributed by atoms with Gasteiger partial charge in [-0.25, -0.2) is 0 Å². The fourth-order valence-electron chi connectivity index (χ4n) is 1.44. The smallest absolute Gasteiger partial charge is 0.255 e. The molecule has 3 N–H and O–H groups in total. The van der Waals surface area contributed by atoms with Crippen LogP contribution in [0.2, 0.25) is 0 Å². The minimum Gasteiger partial charge on any atom is -0.398 e. The Morgan fingerprint density at radius 1 is 1.47 bits per heavy atom. The van der Waals surface area contributed by atoms with E-state index in [2.05, 4.69) is 15.4 Å². The molecule has 2 rings (SSSR count). The number of nitrogen functional groups attached to an aromatic ring is 1. The number of aromatic nitrogens is 3. The van der Waals surface area contributed by atoms with Gasteiger partial charge in [0.15, 0.2) is 0 Å². The van der Waals surface area contributed by atoms with Crippen molar-refractivity contribution in [1.82, 2.24) is 20.1 Å². The maximum atomic E-state index is 11.8. The Labute approximate surface area is 98.5 Å². The van der Waals surface area contributed by atoms with Gasteiger partial charge in [0.05, 0.1) is 17.8 Å². The van der Waals surface area contributed by atoms with Crippen molar-refractivity contribution in [3.63, 3.8) is 0 Å². The van der Waals surface area contributed by atoms with E-state index in [0.29, 0.717) is 17.8 Å². The second kappa shape index (κ2) is 4.65. The fourth-order valence-corrected chi connectivity index (χ4v) is 1.44. The molecule has 88 valence electrons. The standard InChI is InChI=1S/C11H13N5O/c1-16-8(2-5-15-16)6-14-11(17)9-7-13-4-3-10(9)12/h2-5,7H,6H2,1H3,(H2,12,13)(H,14,17). The number of aryl methyl sites for hydroxylation is 1. The predicted octanol–water partition coefficient (Wildman–Crippen LogP) is 0.327. The normalized spacial score (nSPS) is 10.2. The number of pyridine rings is 1. The highest BCUT2D eigenvalue weighted by Gasteiger charge is 2.09. The molecule has 6 heteroatoms. The molecule has 0 aliphatic carbocycles. The number of carbonyl (C=O) groups is 1. The van der Waals surface area contributed by atoms with Crippen LogP contribution in [0.4, 0.5) is 5.69 Å². The zero-order valence-electron chi connectivity index (χ0n) is 9.42. The lowest BCUT2D eigenvalue weighted by molar-refractivity contribution is 0.0950. The minimum absolute atomic E-state index is 0.239. The molecule has 0 aromatic carbocycles. The molecule has 0 atom stereocenters. The van der Waals surface area contributed by atoms with E-state index in [1.807, 2.05) is 13.1 Å². The summed E-state index contributed by atoms with van der Waals surface area (Å²) in [5.41, 5.74) is 7.40. The molecule has 0 radical (unpaired) electrons. The van der Waals surface area contributed by atoms with Gasteiger partial charge in [0.1, 0.15) is 0 Å². The second-order valence-electron chi connectivity index (χ2n) is 3.59. The first-order valence-electron chi connectivity index (χ1n) is 5.13. The Balaban J connectivity index is 2.04. The lowest BCUT2D eigenvalue weighted by Gasteiger charge is -2.06. The number of hydrogen-bond acceptors (Lipinski definition) is 4. The van der Waals surface area contributed by atoms with Gasteiger partial charge < -0.3 is 11.1 Å². The fraction of sp³-hybridized carbons (Fsp3) is 0.182. The summed E-state index contributed by atoms with van der Waals surface area (Å²) in [4.78, 5) is 15.7. The van der Waals surface area contributed by atoms with Gasteiger partial charge >= 0.3 is 0 Å². The number of nitrogens with one attached hydrogen (secondary N) is 1. The van der Waals surface area contributed by atoms with Crippen LogP contribution in [0.25, 0.3) is 0 Å². The lowest BCUT2D eigenvalue weighted by atomic mass is 10.2. The molecule has 0 saturated carbocycles. The van der Waals surface area contributed by atoms with Gasteiger partial charge in [0, 0.05) is 31.3 Å². The quantitative estimate of drug-likeness (QED) is 0.797. The van der Waals surface area contributed by atoms with E-state index in [1.165, 1.54) is 6.20 Å². The Bertz CT molecular complexity index is 534. The average Bonchev–Trinajstić information content (AvgIpc) is 2.72. The zero-order chi connectivity index (χ0) is 12.3. The summed E-state index contributed by atoms with van der Waals surface area (Å²) >= 11 is 0. The van der Waals surface area contributed by atoms with Gasteiger partial charge in [-0.15, -0.1) is 0 Å². The highest BCUT2D eigenvalue weighted by Crippen LogP contribution is 2.08. The maximum Gasteiger partial charge on any atom is 0.255 e. The summed E-state index contributed by atoms with van der Waals surface area (Å²) < 4.78 is 1.70. The van der Waals surface area contributed by atoms with Crippen LogP contribution in [-0.4, -0.2) is 20.7 Å². The van der Waals surface area contributed by atoms with Crippen LogP contribution in [0.15, 0.2) is 30.7 Å². The van der Waals surface area contributed by atoms with Crippen molar-refractivity contribution < 1.29 is 4.79 Å². The molecule has 0 saturated heterocycles. The van der Waals surface area contributed by atoms with Crippen LogP contribution in [-0.2, 0) is 13.6 Å². The summed E-state index contributed by atoms with van der Waals surface area (Å²) in [5, 5.41) is 6.78. The summed E-state index contributed by atoms with van der Waals surface area (Å²) in [7, 11) is 1.82. The highest BCUT2D eigenvalue weighted by atomic mass is 16.1. The molecule has 2 heterocycles. The van der Waals surface area contributed by atoms with Gasteiger partial charge in [-0.05, 0) is 12.1 Å². The minimum atomic E-state index is -0.239. The highest BCUT2D eigenvalue weighted by molar-refractivity contribution is 5.98. The summed E-state index contributed by atoms with van der Waals surface area (Å²) in [6.07, 6.45) is 4.68. The molecule has 0 bridgehead atoms. The molecule has 0 unspecified atom stereocenters. The molecule has 0 fully saturated rings. The largest absolute Gasteiger partial charge is 0.398 e. The van der Waals surface area contributed by atoms with Crippen molar-refractivity contribution in [3.8, 4) is 0 Å². The van der Waals surface area contributed by atoms with Crippen LogP contribution in [0, 0.1) is 0 Å². The number of rotatable bonds is 3. The summed E-state index contributed by atoms with van der Waals surface area (Å²) in [6.45, 7) is 0.406. The third-order valence-corrected chi connectivity index (χ3v) is 2.45. The van der Waals surface area contributed by atoms with Crippen molar-refractivity contribution in [2.24, 2.45) is 7.05 Å². The van der Waals surface area contributed by atoms with Crippen molar-refractivity contribution in [1.29, 1.82) is 0 Å². The van der Waals surface area contributed by atoms with Crippen LogP contribution >= 0.6 is 0 Å². The molecule has 2 aromatic rings. The number of amides is 1. The van der Waals surface area contributed by atoms with Crippen molar-refractivity contribution in [2.75, 3.05) is 5.73 Å². The van der Waals surface area contributed by atoms with E-state index < -0.39 is 0 Å². The third kappa shape index (κ3) is 2.41. The average molecular weight is 231 g/mol. The molecule has 17 heavy (non-hydrogen) atoms. The first kappa shape index (κ1) is 11.1. The number of nitrogens with two attached hydrogens (primary N) is 1. The Morgan fingerprint density at radius 3 is 2.94 bits per heavy atom. The van der Waals surface area contributed by atoms with E-state index in [4.69, 9.17) is 5.73 Å². The Kier molecular flexibility index (Phi) is 3.04. The van der Waals surface area contributed by atoms with Crippen LogP contribution in [0.5, 0.6) is 0 Å². The molecule has 1 amide bonds.